The van der Waals surface area contributed by atoms with Gasteiger partial charge in [0.2, 0.25) is 5.91 Å². The van der Waals surface area contributed by atoms with Gasteiger partial charge in [0.05, 0.1) is 5.92 Å². The van der Waals surface area contributed by atoms with E-state index in [1.165, 1.54) is 12.8 Å². The van der Waals surface area contributed by atoms with Crippen LogP contribution in [0.3, 0.4) is 0 Å². The van der Waals surface area contributed by atoms with Crippen molar-refractivity contribution in [1.29, 1.82) is 0 Å². The Balaban J connectivity index is 2.24. The van der Waals surface area contributed by atoms with E-state index in [2.05, 4.69) is 19.2 Å². The average Bonchev–Trinajstić information content (AvgIpc) is 2.90. The Hall–Kier alpha value is -0.570. The molecule has 1 unspecified atom stereocenters. The van der Waals surface area contributed by atoms with Crippen molar-refractivity contribution < 1.29 is 4.79 Å². The Morgan fingerprint density at radius 2 is 2.21 bits per heavy atom. The normalized spacial score (nSPS) is 20.2. The first-order chi connectivity index (χ1) is 6.61. The molecule has 1 saturated carbocycles. The lowest BCUT2D eigenvalue weighted by Gasteiger charge is -2.16. The second kappa shape index (κ2) is 4.78. The molecule has 1 rings (SSSR count). The lowest BCUT2D eigenvalue weighted by molar-refractivity contribution is -0.125. The molecule has 0 aromatic heterocycles. The van der Waals surface area contributed by atoms with Gasteiger partial charge in [0, 0.05) is 13.1 Å². The van der Waals surface area contributed by atoms with Gasteiger partial charge in [-0.2, -0.15) is 0 Å². The van der Waals surface area contributed by atoms with Crippen molar-refractivity contribution >= 4 is 5.91 Å². The van der Waals surface area contributed by atoms with Crippen LogP contribution in [0.2, 0.25) is 0 Å². The number of amides is 1. The molecule has 3 nitrogen and oxygen atoms in total. The van der Waals surface area contributed by atoms with Gasteiger partial charge in [-0.3, -0.25) is 4.79 Å². The minimum atomic E-state index is 0.0161. The van der Waals surface area contributed by atoms with Gasteiger partial charge in [-0.1, -0.05) is 20.3 Å². The molecule has 0 aromatic carbocycles. The van der Waals surface area contributed by atoms with Crippen molar-refractivity contribution in [2.45, 2.75) is 39.5 Å². The summed E-state index contributed by atoms with van der Waals surface area (Å²) in [7, 11) is 0. The molecule has 1 atom stereocenters. The Morgan fingerprint density at radius 1 is 1.57 bits per heavy atom. The summed E-state index contributed by atoms with van der Waals surface area (Å²) in [6.45, 7) is 5.59. The highest BCUT2D eigenvalue weighted by molar-refractivity contribution is 5.78. The Morgan fingerprint density at radius 3 is 2.64 bits per heavy atom. The summed E-state index contributed by atoms with van der Waals surface area (Å²) >= 11 is 0. The molecular formula is C11H22N2O. The van der Waals surface area contributed by atoms with E-state index in [0.717, 1.165) is 19.4 Å². The van der Waals surface area contributed by atoms with Crippen LogP contribution in [-0.4, -0.2) is 19.0 Å². The van der Waals surface area contributed by atoms with Crippen LogP contribution in [0.5, 0.6) is 0 Å². The van der Waals surface area contributed by atoms with Crippen molar-refractivity contribution in [3.05, 3.63) is 0 Å². The van der Waals surface area contributed by atoms with Gasteiger partial charge in [0.25, 0.3) is 0 Å². The number of hydrogen-bond acceptors (Lipinski definition) is 2. The maximum atomic E-state index is 11.6. The van der Waals surface area contributed by atoms with Gasteiger partial charge in [-0.15, -0.1) is 0 Å². The van der Waals surface area contributed by atoms with E-state index in [9.17, 15) is 4.79 Å². The van der Waals surface area contributed by atoms with E-state index >= 15 is 0 Å². The summed E-state index contributed by atoms with van der Waals surface area (Å²) in [4.78, 5) is 11.6. The zero-order chi connectivity index (χ0) is 10.6. The van der Waals surface area contributed by atoms with E-state index in [4.69, 9.17) is 5.73 Å². The summed E-state index contributed by atoms with van der Waals surface area (Å²) in [5, 5.41) is 3.00. The van der Waals surface area contributed by atoms with Gasteiger partial charge in [-0.05, 0) is 24.7 Å². The van der Waals surface area contributed by atoms with Crippen molar-refractivity contribution in [3.8, 4) is 0 Å². The third-order valence-corrected chi connectivity index (χ3v) is 3.09. The smallest absolute Gasteiger partial charge is 0.224 e. The van der Waals surface area contributed by atoms with Crippen LogP contribution in [0, 0.1) is 11.3 Å². The van der Waals surface area contributed by atoms with Gasteiger partial charge in [0.15, 0.2) is 0 Å². The van der Waals surface area contributed by atoms with E-state index in [-0.39, 0.29) is 11.8 Å². The second-order valence-electron chi connectivity index (χ2n) is 4.75. The molecule has 0 bridgehead atoms. The number of carbonyl (C=O) groups excluding carboxylic acids is 1. The zero-order valence-electron chi connectivity index (χ0n) is 9.31. The monoisotopic (exact) mass is 198 g/mol. The minimum absolute atomic E-state index is 0.0161. The van der Waals surface area contributed by atoms with Crippen molar-refractivity contribution in [3.63, 3.8) is 0 Å². The van der Waals surface area contributed by atoms with Gasteiger partial charge in [-0.25, -0.2) is 0 Å². The number of nitrogens with two attached hydrogens (primary N) is 1. The first kappa shape index (κ1) is 11.5. The topological polar surface area (TPSA) is 55.1 Å². The van der Waals surface area contributed by atoms with E-state index in [1.54, 1.807) is 0 Å². The quantitative estimate of drug-likeness (QED) is 0.675. The van der Waals surface area contributed by atoms with Crippen LogP contribution in [-0.2, 0) is 4.79 Å². The molecule has 82 valence electrons. The summed E-state index contributed by atoms with van der Waals surface area (Å²) < 4.78 is 0. The Labute approximate surface area is 86.4 Å². The summed E-state index contributed by atoms with van der Waals surface area (Å²) in [6.07, 6.45) is 4.41. The Kier molecular flexibility index (Phi) is 3.93. The first-order valence-corrected chi connectivity index (χ1v) is 5.59. The maximum absolute atomic E-state index is 11.6. The number of hydrogen-bond donors (Lipinski definition) is 2. The maximum Gasteiger partial charge on any atom is 0.224 e. The molecule has 1 amide bonds. The highest BCUT2D eigenvalue weighted by Crippen LogP contribution is 2.44. The predicted octanol–water partition coefficient (Wildman–Crippen LogP) is 1.28. The van der Waals surface area contributed by atoms with Crippen molar-refractivity contribution in [1.82, 2.24) is 5.32 Å². The Bertz CT molecular complexity index is 199. The van der Waals surface area contributed by atoms with Crippen LogP contribution in [0.1, 0.15) is 39.5 Å². The van der Waals surface area contributed by atoms with Crippen LogP contribution in [0.4, 0.5) is 0 Å². The molecule has 14 heavy (non-hydrogen) atoms. The van der Waals surface area contributed by atoms with Gasteiger partial charge >= 0.3 is 0 Å². The SMILES string of the molecule is CCCC(CN)C(=O)NCC1(C)CC1. The van der Waals surface area contributed by atoms with Crippen LogP contribution in [0.25, 0.3) is 0 Å². The lowest BCUT2D eigenvalue weighted by atomic mass is 10.0. The summed E-state index contributed by atoms with van der Waals surface area (Å²) in [5.41, 5.74) is 5.94. The molecule has 0 aliphatic heterocycles. The summed E-state index contributed by atoms with van der Waals surface area (Å²) in [5.74, 6) is 0.157. The molecule has 0 spiro atoms. The number of nitrogens with one attached hydrogen (secondary N) is 1. The van der Waals surface area contributed by atoms with Crippen LogP contribution < -0.4 is 11.1 Å². The average molecular weight is 198 g/mol. The first-order valence-electron chi connectivity index (χ1n) is 5.59. The zero-order valence-corrected chi connectivity index (χ0v) is 9.31. The van der Waals surface area contributed by atoms with E-state index in [1.807, 2.05) is 0 Å². The highest BCUT2D eigenvalue weighted by atomic mass is 16.1. The second-order valence-corrected chi connectivity index (χ2v) is 4.75. The molecule has 0 heterocycles. The highest BCUT2D eigenvalue weighted by Gasteiger charge is 2.37. The molecular weight excluding hydrogens is 176 g/mol. The van der Waals surface area contributed by atoms with Crippen LogP contribution in [0.15, 0.2) is 0 Å². The molecule has 1 aliphatic rings. The molecule has 1 aliphatic carbocycles. The fourth-order valence-corrected chi connectivity index (χ4v) is 1.54. The molecule has 0 aromatic rings. The van der Waals surface area contributed by atoms with E-state index < -0.39 is 0 Å². The minimum Gasteiger partial charge on any atom is -0.355 e. The summed E-state index contributed by atoms with van der Waals surface area (Å²) in [6, 6.07) is 0. The molecule has 3 N–H and O–H groups in total. The van der Waals surface area contributed by atoms with Crippen molar-refractivity contribution in [2.75, 3.05) is 13.1 Å². The third kappa shape index (κ3) is 3.29. The van der Waals surface area contributed by atoms with Gasteiger partial charge in [0.1, 0.15) is 0 Å². The van der Waals surface area contributed by atoms with Gasteiger partial charge < -0.3 is 11.1 Å². The fourth-order valence-electron chi connectivity index (χ4n) is 1.54. The molecule has 0 radical (unpaired) electrons. The number of rotatable bonds is 6. The third-order valence-electron chi connectivity index (χ3n) is 3.09. The molecule has 1 fully saturated rings. The molecule has 3 heteroatoms. The lowest BCUT2D eigenvalue weighted by Crippen LogP contribution is -2.37. The fraction of sp³-hybridized carbons (Fsp3) is 0.909. The molecule has 0 saturated heterocycles. The number of carbonyl (C=O) groups is 1. The van der Waals surface area contributed by atoms with Crippen LogP contribution >= 0.6 is 0 Å². The predicted molar refractivity (Wildman–Crippen MR) is 57.8 cm³/mol. The largest absolute Gasteiger partial charge is 0.355 e. The van der Waals surface area contributed by atoms with E-state index in [0.29, 0.717) is 12.0 Å². The standard InChI is InChI=1S/C11H22N2O/c1-3-4-9(7-12)10(14)13-8-11(2)5-6-11/h9H,3-8,12H2,1-2H3,(H,13,14). The van der Waals surface area contributed by atoms with Crippen molar-refractivity contribution in [2.24, 2.45) is 17.1 Å².